The number of rotatable bonds is 16. The van der Waals surface area contributed by atoms with E-state index < -0.39 is 60.2 Å². The Morgan fingerprint density at radius 2 is 1.43 bits per heavy atom. The van der Waals surface area contributed by atoms with E-state index in [0.29, 0.717) is 11.1 Å². The molecule has 0 saturated carbocycles. The molecule has 0 bridgehead atoms. The van der Waals surface area contributed by atoms with E-state index in [1.165, 1.54) is 12.1 Å². The molecule has 0 fully saturated rings. The molecule has 0 saturated heterocycles. The first-order valence-electron chi connectivity index (χ1n) is 14.3. The Morgan fingerprint density at radius 1 is 0.818 bits per heavy atom. The highest BCUT2D eigenvalue weighted by Crippen LogP contribution is 2.20. The maximum absolute atomic E-state index is 13.6. The van der Waals surface area contributed by atoms with Crippen LogP contribution in [0, 0.1) is 5.92 Å². The van der Waals surface area contributed by atoms with Crippen LogP contribution in [0.1, 0.15) is 44.2 Å². The Balaban J connectivity index is 1.81. The van der Waals surface area contributed by atoms with Crippen LogP contribution in [0.4, 0.5) is 0 Å². The number of H-pyrrole nitrogens is 1. The molecule has 0 aliphatic rings. The summed E-state index contributed by atoms with van der Waals surface area (Å²) in [6.45, 7) is 3.72. The third kappa shape index (κ3) is 9.83. The number of benzene rings is 2. The van der Waals surface area contributed by atoms with Crippen molar-refractivity contribution in [2.45, 2.75) is 70.1 Å². The van der Waals surface area contributed by atoms with Crippen LogP contribution in [-0.4, -0.2) is 74.1 Å². The molecule has 13 heteroatoms. The number of carboxylic acid groups (broad SMARTS) is 2. The first kappa shape index (κ1) is 33.6. The number of amides is 3. The number of aromatic hydroxyl groups is 1. The zero-order valence-corrected chi connectivity index (χ0v) is 24.6. The Kier molecular flexibility index (Phi) is 11.9. The highest BCUT2D eigenvalue weighted by Gasteiger charge is 2.31. The third-order valence-corrected chi connectivity index (χ3v) is 7.06. The smallest absolute Gasteiger partial charge is 0.326 e. The van der Waals surface area contributed by atoms with Gasteiger partial charge in [0, 0.05) is 29.9 Å². The predicted octanol–water partition coefficient (Wildman–Crippen LogP) is 1.44. The van der Waals surface area contributed by atoms with E-state index in [1.807, 2.05) is 38.1 Å². The molecule has 1 aromatic heterocycles. The number of phenols is 1. The van der Waals surface area contributed by atoms with Crippen LogP contribution in [0.3, 0.4) is 0 Å². The lowest BCUT2D eigenvalue weighted by Gasteiger charge is -2.26. The molecule has 4 unspecified atom stereocenters. The first-order chi connectivity index (χ1) is 20.8. The number of nitrogens with one attached hydrogen (secondary N) is 4. The van der Waals surface area contributed by atoms with E-state index in [-0.39, 0.29) is 37.4 Å². The van der Waals surface area contributed by atoms with Crippen molar-refractivity contribution < 1.29 is 39.3 Å². The average Bonchev–Trinajstić information content (AvgIpc) is 3.37. The third-order valence-electron chi connectivity index (χ3n) is 7.06. The number of nitrogens with two attached hydrogens (primary N) is 1. The monoisotopic (exact) mass is 609 g/mol. The van der Waals surface area contributed by atoms with Crippen LogP contribution >= 0.6 is 0 Å². The number of hydrogen-bond donors (Lipinski definition) is 8. The first-order valence-corrected chi connectivity index (χ1v) is 14.3. The predicted molar refractivity (Wildman–Crippen MR) is 162 cm³/mol. The molecular formula is C31H39N5O8. The fraction of sp³-hybridized carbons (Fsp3) is 0.387. The zero-order chi connectivity index (χ0) is 32.4. The Morgan fingerprint density at radius 3 is 2.07 bits per heavy atom. The summed E-state index contributed by atoms with van der Waals surface area (Å²) in [6, 6.07) is 8.73. The molecule has 13 nitrogen and oxygen atoms in total. The highest BCUT2D eigenvalue weighted by molar-refractivity contribution is 5.95. The molecule has 1 heterocycles. The summed E-state index contributed by atoms with van der Waals surface area (Å²) < 4.78 is 0. The van der Waals surface area contributed by atoms with Crippen LogP contribution in [0.25, 0.3) is 10.9 Å². The Hall–Kier alpha value is -4.91. The lowest BCUT2D eigenvalue weighted by Crippen LogP contribution is -2.58. The van der Waals surface area contributed by atoms with Gasteiger partial charge in [0.05, 0.1) is 6.04 Å². The van der Waals surface area contributed by atoms with E-state index in [4.69, 9.17) is 10.8 Å². The molecule has 3 rings (SSSR count). The number of hydrogen-bond acceptors (Lipinski definition) is 7. The van der Waals surface area contributed by atoms with Crippen LogP contribution < -0.4 is 21.7 Å². The van der Waals surface area contributed by atoms with Gasteiger partial charge in [-0.2, -0.15) is 0 Å². The average molecular weight is 610 g/mol. The number of aliphatic carboxylic acids is 2. The summed E-state index contributed by atoms with van der Waals surface area (Å²) in [5.74, 6) is -4.66. The molecule has 3 amide bonds. The van der Waals surface area contributed by atoms with Gasteiger partial charge in [-0.25, -0.2) is 4.79 Å². The van der Waals surface area contributed by atoms with Gasteiger partial charge in [0.1, 0.15) is 23.9 Å². The maximum atomic E-state index is 13.6. The highest BCUT2D eigenvalue weighted by atomic mass is 16.4. The quantitative estimate of drug-likeness (QED) is 0.117. The lowest BCUT2D eigenvalue weighted by atomic mass is 9.99. The van der Waals surface area contributed by atoms with Gasteiger partial charge in [-0.3, -0.25) is 19.2 Å². The van der Waals surface area contributed by atoms with Crippen molar-refractivity contribution >= 4 is 40.6 Å². The Bertz CT molecular complexity index is 1470. The number of carbonyl (C=O) groups excluding carboxylic acids is 3. The Labute approximate surface area is 254 Å². The lowest BCUT2D eigenvalue weighted by molar-refractivity contribution is -0.143. The van der Waals surface area contributed by atoms with Gasteiger partial charge < -0.3 is 42.0 Å². The number of phenolic OH excluding ortho intramolecular Hbond substituents is 1. The normalized spacial score (nSPS) is 13.9. The van der Waals surface area contributed by atoms with E-state index in [2.05, 4.69) is 20.9 Å². The fourth-order valence-corrected chi connectivity index (χ4v) is 4.76. The van der Waals surface area contributed by atoms with Gasteiger partial charge >= 0.3 is 11.9 Å². The van der Waals surface area contributed by atoms with Gasteiger partial charge in [0.2, 0.25) is 17.7 Å². The van der Waals surface area contributed by atoms with Crippen molar-refractivity contribution in [1.82, 2.24) is 20.9 Å². The van der Waals surface area contributed by atoms with E-state index in [1.54, 1.807) is 18.3 Å². The van der Waals surface area contributed by atoms with Crippen molar-refractivity contribution in [2.75, 3.05) is 0 Å². The van der Waals surface area contributed by atoms with Crippen LogP contribution in [-0.2, 0) is 36.8 Å². The van der Waals surface area contributed by atoms with E-state index in [9.17, 15) is 34.2 Å². The van der Waals surface area contributed by atoms with Gasteiger partial charge in [0.25, 0.3) is 0 Å². The SMILES string of the molecule is CC(C)CC(NC(=O)C(N)Cc1ccc(O)cc1)C(=O)NC(Cc1c[nH]c2ccccc12)C(=O)NC(CCC(=O)O)C(=O)O. The number of aromatic nitrogens is 1. The van der Waals surface area contributed by atoms with Gasteiger partial charge in [-0.05, 0) is 54.5 Å². The van der Waals surface area contributed by atoms with Crippen molar-refractivity contribution in [3.63, 3.8) is 0 Å². The minimum atomic E-state index is -1.50. The standard InChI is InChI=1S/C31H39N5O8/c1-17(2)13-25(35-28(40)22(32)14-18-7-9-20(37)10-8-18)29(41)36-26(15-19-16-33-23-6-4-3-5-21(19)23)30(42)34-24(31(43)44)11-12-27(38)39/h3-10,16-17,22,24-26,33,37H,11-15,32H2,1-2H3,(H,34,42)(H,35,40)(H,36,41)(H,38,39)(H,43,44). The summed E-state index contributed by atoms with van der Waals surface area (Å²) in [5, 5.41) is 36.6. The summed E-state index contributed by atoms with van der Waals surface area (Å²) >= 11 is 0. The van der Waals surface area contributed by atoms with Crippen molar-refractivity contribution in [3.8, 4) is 5.75 Å². The second kappa shape index (κ2) is 15.5. The molecule has 44 heavy (non-hydrogen) atoms. The molecule has 2 aromatic carbocycles. The molecule has 236 valence electrons. The van der Waals surface area contributed by atoms with Gasteiger partial charge in [0.15, 0.2) is 0 Å². The molecule has 0 spiro atoms. The van der Waals surface area contributed by atoms with Gasteiger partial charge in [-0.1, -0.05) is 44.2 Å². The second-order valence-electron chi connectivity index (χ2n) is 11.1. The zero-order valence-electron chi connectivity index (χ0n) is 24.6. The maximum Gasteiger partial charge on any atom is 0.326 e. The largest absolute Gasteiger partial charge is 0.508 e. The molecule has 4 atom stereocenters. The number of carbonyl (C=O) groups is 5. The summed E-state index contributed by atoms with van der Waals surface area (Å²) in [4.78, 5) is 65.9. The van der Waals surface area contributed by atoms with Crippen LogP contribution in [0.5, 0.6) is 5.75 Å². The number of fused-ring (bicyclic) bond motifs is 1. The van der Waals surface area contributed by atoms with Crippen molar-refractivity contribution in [2.24, 2.45) is 11.7 Å². The molecule has 0 radical (unpaired) electrons. The second-order valence-corrected chi connectivity index (χ2v) is 11.1. The van der Waals surface area contributed by atoms with Crippen molar-refractivity contribution in [3.05, 3.63) is 65.9 Å². The van der Waals surface area contributed by atoms with Crippen molar-refractivity contribution in [1.29, 1.82) is 0 Å². The molecule has 3 aromatic rings. The fourth-order valence-electron chi connectivity index (χ4n) is 4.76. The molecule has 9 N–H and O–H groups in total. The van der Waals surface area contributed by atoms with E-state index in [0.717, 1.165) is 10.9 Å². The topological polar surface area (TPSA) is 224 Å². The number of para-hydroxylation sites is 1. The minimum Gasteiger partial charge on any atom is -0.508 e. The van der Waals surface area contributed by atoms with Crippen LogP contribution in [0.2, 0.25) is 0 Å². The van der Waals surface area contributed by atoms with Gasteiger partial charge in [-0.15, -0.1) is 0 Å². The minimum absolute atomic E-state index is 0.0183. The molecular weight excluding hydrogens is 570 g/mol. The number of aromatic amines is 1. The van der Waals surface area contributed by atoms with Crippen LogP contribution in [0.15, 0.2) is 54.7 Å². The number of carboxylic acids is 2. The summed E-state index contributed by atoms with van der Waals surface area (Å²) in [5.41, 5.74) is 8.31. The summed E-state index contributed by atoms with van der Waals surface area (Å²) in [6.07, 6.45) is 1.21. The van der Waals surface area contributed by atoms with E-state index >= 15 is 0 Å². The summed E-state index contributed by atoms with van der Waals surface area (Å²) in [7, 11) is 0. The molecule has 0 aliphatic heterocycles. The molecule has 0 aliphatic carbocycles.